The molecule has 0 unspecified atom stereocenters. The molecular weight excluding hydrogens is 350 g/mol. The molecule has 26 heavy (non-hydrogen) atoms. The number of nitrogens with one attached hydrogen (secondary N) is 1. The summed E-state index contributed by atoms with van der Waals surface area (Å²) in [4.78, 5) is 14.5. The molecule has 6 heteroatoms. The summed E-state index contributed by atoms with van der Waals surface area (Å²) >= 11 is 0. The van der Waals surface area contributed by atoms with Gasteiger partial charge in [0, 0.05) is 24.5 Å². The van der Waals surface area contributed by atoms with Crippen molar-refractivity contribution < 1.29 is 9.53 Å². The fourth-order valence-corrected chi connectivity index (χ4v) is 3.23. The Kier molecular flexibility index (Phi) is 7.16. The van der Waals surface area contributed by atoms with E-state index >= 15 is 0 Å². The summed E-state index contributed by atoms with van der Waals surface area (Å²) in [5.74, 6) is 0.840. The zero-order valence-electron chi connectivity index (χ0n) is 15.0. The number of carbonyl (C=O) groups is 1. The quantitative estimate of drug-likeness (QED) is 0.761. The minimum atomic E-state index is 0. The van der Waals surface area contributed by atoms with Crippen LogP contribution in [0.25, 0.3) is 0 Å². The maximum atomic E-state index is 12.4. The zero-order chi connectivity index (χ0) is 17.6. The molecule has 1 aliphatic rings. The summed E-state index contributed by atoms with van der Waals surface area (Å²) in [6.45, 7) is 4.31. The highest BCUT2D eigenvalue weighted by Crippen LogP contribution is 2.30. The molecule has 0 bridgehead atoms. The number of nitrogens with two attached hydrogens (primary N) is 1. The van der Waals surface area contributed by atoms with Crippen LogP contribution in [0.3, 0.4) is 0 Å². The van der Waals surface area contributed by atoms with Gasteiger partial charge >= 0.3 is 0 Å². The van der Waals surface area contributed by atoms with Crippen LogP contribution < -0.4 is 20.7 Å². The smallest absolute Gasteiger partial charge is 0.239 e. The maximum absolute atomic E-state index is 12.4. The van der Waals surface area contributed by atoms with Gasteiger partial charge in [-0.1, -0.05) is 18.2 Å². The van der Waals surface area contributed by atoms with Crippen LogP contribution in [0.15, 0.2) is 42.5 Å². The number of fused-ring (bicyclic) bond motifs is 1. The molecule has 1 aliphatic heterocycles. The van der Waals surface area contributed by atoms with Crippen LogP contribution in [0.1, 0.15) is 24.5 Å². The van der Waals surface area contributed by atoms with Crippen LogP contribution in [0.5, 0.6) is 5.75 Å². The second-order valence-corrected chi connectivity index (χ2v) is 6.23. The van der Waals surface area contributed by atoms with Crippen LogP contribution in [0.2, 0.25) is 0 Å². The van der Waals surface area contributed by atoms with E-state index in [1.54, 1.807) is 0 Å². The lowest BCUT2D eigenvalue weighted by atomic mass is 10.00. The van der Waals surface area contributed by atoms with Crippen molar-refractivity contribution in [2.75, 3.05) is 30.3 Å². The van der Waals surface area contributed by atoms with Crippen LogP contribution in [-0.2, 0) is 17.8 Å². The number of hydrogen-bond donors (Lipinski definition) is 2. The second-order valence-electron chi connectivity index (χ2n) is 6.23. The number of nitrogen functional groups attached to an aromatic ring is 1. The highest BCUT2D eigenvalue weighted by molar-refractivity contribution is 5.85. The molecule has 1 amide bonds. The van der Waals surface area contributed by atoms with E-state index in [-0.39, 0.29) is 18.3 Å². The lowest BCUT2D eigenvalue weighted by molar-refractivity contribution is -0.119. The highest BCUT2D eigenvalue weighted by atomic mass is 35.5. The number of hydrogen-bond acceptors (Lipinski definition) is 4. The van der Waals surface area contributed by atoms with Gasteiger partial charge in [0.1, 0.15) is 5.75 Å². The molecule has 3 rings (SSSR count). The molecule has 0 spiro atoms. The SMILES string of the molecule is CCOc1cccc(CNC(=O)CN2CCCc3c(N)cccc32)c1.Cl. The van der Waals surface area contributed by atoms with Crippen molar-refractivity contribution in [1.82, 2.24) is 5.32 Å². The van der Waals surface area contributed by atoms with E-state index in [1.165, 1.54) is 0 Å². The molecule has 0 fully saturated rings. The predicted octanol–water partition coefficient (Wildman–Crippen LogP) is 3.16. The maximum Gasteiger partial charge on any atom is 0.239 e. The first-order valence-electron chi connectivity index (χ1n) is 8.78. The first-order valence-corrected chi connectivity index (χ1v) is 8.78. The van der Waals surface area contributed by atoms with E-state index in [4.69, 9.17) is 10.5 Å². The Labute approximate surface area is 160 Å². The Bertz CT molecular complexity index is 752. The van der Waals surface area contributed by atoms with Crippen molar-refractivity contribution in [3.05, 3.63) is 53.6 Å². The topological polar surface area (TPSA) is 67.6 Å². The number of rotatable bonds is 6. The van der Waals surface area contributed by atoms with Crippen LogP contribution in [0, 0.1) is 0 Å². The van der Waals surface area contributed by atoms with E-state index in [2.05, 4.69) is 10.2 Å². The van der Waals surface area contributed by atoms with Crippen molar-refractivity contribution in [3.63, 3.8) is 0 Å². The van der Waals surface area contributed by atoms with Gasteiger partial charge in [-0.3, -0.25) is 4.79 Å². The van der Waals surface area contributed by atoms with Gasteiger partial charge in [-0.25, -0.2) is 0 Å². The molecule has 0 saturated carbocycles. The van der Waals surface area contributed by atoms with Gasteiger partial charge in [-0.2, -0.15) is 0 Å². The number of carbonyl (C=O) groups excluding carboxylic acids is 1. The molecule has 2 aromatic carbocycles. The second kappa shape index (κ2) is 9.34. The number of ether oxygens (including phenoxy) is 1. The van der Waals surface area contributed by atoms with E-state index in [0.29, 0.717) is 19.7 Å². The molecule has 2 aromatic rings. The molecule has 140 valence electrons. The Morgan fingerprint density at radius 3 is 2.88 bits per heavy atom. The zero-order valence-corrected chi connectivity index (χ0v) is 15.8. The Morgan fingerprint density at radius 2 is 2.08 bits per heavy atom. The number of halogens is 1. The third kappa shape index (κ3) is 4.82. The minimum absolute atomic E-state index is 0. The van der Waals surface area contributed by atoms with Gasteiger partial charge in [-0.05, 0) is 55.2 Å². The summed E-state index contributed by atoms with van der Waals surface area (Å²) in [5, 5.41) is 2.99. The van der Waals surface area contributed by atoms with Crippen molar-refractivity contribution in [2.24, 2.45) is 0 Å². The Morgan fingerprint density at radius 1 is 1.27 bits per heavy atom. The van der Waals surface area contributed by atoms with Gasteiger partial charge in [0.05, 0.1) is 13.2 Å². The summed E-state index contributed by atoms with van der Waals surface area (Å²) in [7, 11) is 0. The third-order valence-corrected chi connectivity index (χ3v) is 4.42. The number of anilines is 2. The molecule has 0 aliphatic carbocycles. The summed E-state index contributed by atoms with van der Waals surface area (Å²) in [6, 6.07) is 13.7. The average Bonchev–Trinajstić information content (AvgIpc) is 2.62. The monoisotopic (exact) mass is 375 g/mol. The summed E-state index contributed by atoms with van der Waals surface area (Å²) < 4.78 is 5.49. The van der Waals surface area contributed by atoms with E-state index in [1.807, 2.05) is 49.4 Å². The van der Waals surface area contributed by atoms with Gasteiger partial charge in [0.15, 0.2) is 0 Å². The molecule has 3 N–H and O–H groups in total. The first kappa shape index (κ1) is 19.9. The van der Waals surface area contributed by atoms with Crippen LogP contribution in [-0.4, -0.2) is 25.6 Å². The van der Waals surface area contributed by atoms with Gasteiger partial charge in [-0.15, -0.1) is 12.4 Å². The fraction of sp³-hybridized carbons (Fsp3) is 0.350. The van der Waals surface area contributed by atoms with Crippen molar-refractivity contribution in [2.45, 2.75) is 26.3 Å². The van der Waals surface area contributed by atoms with Gasteiger partial charge < -0.3 is 20.7 Å². The standard InChI is InChI=1S/C20H25N3O2.ClH/c1-2-25-16-7-3-6-15(12-16)13-22-20(24)14-23-11-5-8-17-18(21)9-4-10-19(17)23;/h3-4,6-7,9-10,12H,2,5,8,11,13-14,21H2,1H3,(H,22,24);1H. The number of amides is 1. The lowest BCUT2D eigenvalue weighted by Gasteiger charge is -2.31. The summed E-state index contributed by atoms with van der Waals surface area (Å²) in [6.07, 6.45) is 2.00. The van der Waals surface area contributed by atoms with Gasteiger partial charge in [0.25, 0.3) is 0 Å². The number of benzene rings is 2. The molecule has 0 aromatic heterocycles. The van der Waals surface area contributed by atoms with Crippen molar-refractivity contribution in [1.29, 1.82) is 0 Å². The lowest BCUT2D eigenvalue weighted by Crippen LogP contribution is -2.39. The summed E-state index contributed by atoms with van der Waals surface area (Å²) in [5.41, 5.74) is 10.2. The van der Waals surface area contributed by atoms with Crippen LogP contribution in [0.4, 0.5) is 11.4 Å². The van der Waals surface area contributed by atoms with E-state index < -0.39 is 0 Å². The van der Waals surface area contributed by atoms with Crippen molar-refractivity contribution >= 4 is 29.7 Å². The van der Waals surface area contributed by atoms with Crippen molar-refractivity contribution in [3.8, 4) is 5.75 Å². The Hall–Kier alpha value is -2.40. The van der Waals surface area contributed by atoms with E-state index in [0.717, 1.165) is 47.6 Å². The normalized spacial score (nSPS) is 12.7. The largest absolute Gasteiger partial charge is 0.494 e. The minimum Gasteiger partial charge on any atom is -0.494 e. The molecule has 0 atom stereocenters. The van der Waals surface area contributed by atoms with Crippen LogP contribution >= 0.6 is 12.4 Å². The molecule has 0 saturated heterocycles. The average molecular weight is 376 g/mol. The fourth-order valence-electron chi connectivity index (χ4n) is 3.23. The predicted molar refractivity (Wildman–Crippen MR) is 108 cm³/mol. The third-order valence-electron chi connectivity index (χ3n) is 4.42. The highest BCUT2D eigenvalue weighted by Gasteiger charge is 2.20. The molecule has 0 radical (unpaired) electrons. The van der Waals surface area contributed by atoms with Gasteiger partial charge in [0.2, 0.25) is 5.91 Å². The first-order chi connectivity index (χ1) is 12.2. The molecule has 5 nitrogen and oxygen atoms in total. The van der Waals surface area contributed by atoms with E-state index in [9.17, 15) is 4.79 Å². The molecule has 1 heterocycles. The molecular formula is C20H26ClN3O2. The Balaban J connectivity index is 0.00000243. The number of nitrogens with zero attached hydrogens (tertiary/aromatic N) is 1.